The summed E-state index contributed by atoms with van der Waals surface area (Å²) in [5, 5.41) is 0. The highest BCUT2D eigenvalue weighted by Crippen LogP contribution is 2.41. The molecule has 5 rings (SSSR count). The van der Waals surface area contributed by atoms with Crippen LogP contribution in [0.3, 0.4) is 0 Å². The number of hydrogen-bond donors (Lipinski definition) is 1. The zero-order valence-corrected chi connectivity index (χ0v) is 25.3. The second-order valence-corrected chi connectivity index (χ2v) is 11.8. The molecule has 0 radical (unpaired) electrons. The maximum Gasteiger partial charge on any atom is 0.265 e. The smallest absolute Gasteiger partial charge is 0.265 e. The number of amides is 1. The lowest BCUT2D eigenvalue weighted by atomic mass is 9.87. The summed E-state index contributed by atoms with van der Waals surface area (Å²) in [6.07, 6.45) is 0.826. The summed E-state index contributed by atoms with van der Waals surface area (Å²) in [7, 11) is 2.05. The highest BCUT2D eigenvalue weighted by atomic mass is 32.2. The number of methoxy groups -OCH3 is 4. The highest BCUT2D eigenvalue weighted by Gasteiger charge is 2.30. The summed E-state index contributed by atoms with van der Waals surface area (Å²) in [4.78, 5) is 15.2. The van der Waals surface area contributed by atoms with Crippen molar-refractivity contribution in [2.75, 3.05) is 35.0 Å². The van der Waals surface area contributed by atoms with Crippen LogP contribution in [-0.2, 0) is 23.0 Å². The van der Waals surface area contributed by atoms with Crippen molar-refractivity contribution in [2.45, 2.75) is 23.9 Å². The van der Waals surface area contributed by atoms with E-state index in [1.54, 1.807) is 32.4 Å². The third-order valence-electron chi connectivity index (χ3n) is 7.55. The number of carbonyl (C=O) groups excluding carboxylic acids is 1. The number of ether oxygens (including phenoxy) is 4. The zero-order valence-electron chi connectivity index (χ0n) is 24.5. The predicted molar refractivity (Wildman–Crippen MR) is 163 cm³/mol. The Morgan fingerprint density at radius 3 is 2.05 bits per heavy atom. The third kappa shape index (κ3) is 6.45. The van der Waals surface area contributed by atoms with Crippen LogP contribution in [0.2, 0.25) is 0 Å². The molecule has 1 N–H and O–H groups in total. The van der Waals surface area contributed by atoms with E-state index in [0.29, 0.717) is 29.5 Å². The van der Waals surface area contributed by atoms with Crippen LogP contribution in [0.5, 0.6) is 23.0 Å². The Balaban J connectivity index is 1.38. The Bertz CT molecular complexity index is 1690. The number of sulfonamides is 1. The van der Waals surface area contributed by atoms with Gasteiger partial charge in [0.05, 0.1) is 39.4 Å². The van der Waals surface area contributed by atoms with Crippen LogP contribution in [0.1, 0.15) is 38.7 Å². The van der Waals surface area contributed by atoms with Crippen LogP contribution < -0.4 is 23.7 Å². The molecule has 1 aliphatic rings. The quantitative estimate of drug-likeness (QED) is 0.271. The molecule has 1 atom stereocenters. The standard InChI is InChI=1S/C33H34N2O7S/c1-39-26-16-25(17-27(19-26)40-2)33(36)34-43(37,38)28-12-10-22(11-13-28)21-35-15-14-24-18-30(41-3)31(42-4)20-29(24)32(35)23-8-6-5-7-9-23/h5-13,16-20,32H,14-15,21H2,1-4H3,(H,34,36). The molecule has 0 saturated carbocycles. The minimum atomic E-state index is -4.13. The van der Waals surface area contributed by atoms with Gasteiger partial charge < -0.3 is 18.9 Å². The van der Waals surface area contributed by atoms with Gasteiger partial charge in [0, 0.05) is 24.7 Å². The van der Waals surface area contributed by atoms with Gasteiger partial charge in [-0.25, -0.2) is 13.1 Å². The molecule has 0 spiro atoms. The summed E-state index contributed by atoms with van der Waals surface area (Å²) < 4.78 is 49.9. The number of carbonyl (C=O) groups is 1. The molecule has 0 aliphatic carbocycles. The molecular weight excluding hydrogens is 568 g/mol. The number of nitrogens with one attached hydrogen (secondary N) is 1. The van der Waals surface area contributed by atoms with Gasteiger partial charge in [-0.3, -0.25) is 9.69 Å². The molecule has 1 aliphatic heterocycles. The van der Waals surface area contributed by atoms with Crippen molar-refractivity contribution >= 4 is 15.9 Å². The van der Waals surface area contributed by atoms with E-state index in [1.165, 1.54) is 44.0 Å². The summed E-state index contributed by atoms with van der Waals surface area (Å²) in [5.41, 5.74) is 4.53. The second kappa shape index (κ2) is 12.8. The van der Waals surface area contributed by atoms with Gasteiger partial charge in [-0.1, -0.05) is 42.5 Å². The topological polar surface area (TPSA) is 103 Å². The molecular formula is C33H34N2O7S. The fraction of sp³-hybridized carbons (Fsp3) is 0.242. The van der Waals surface area contributed by atoms with Crippen LogP contribution in [0.4, 0.5) is 0 Å². The molecule has 4 aromatic rings. The maximum atomic E-state index is 13.1. The summed E-state index contributed by atoms with van der Waals surface area (Å²) in [5.74, 6) is 1.34. The molecule has 0 bridgehead atoms. The van der Waals surface area contributed by atoms with E-state index >= 15 is 0 Å². The Labute approximate surface area is 252 Å². The molecule has 224 valence electrons. The fourth-order valence-electron chi connectivity index (χ4n) is 5.38. The van der Waals surface area contributed by atoms with Crippen LogP contribution >= 0.6 is 0 Å². The predicted octanol–water partition coefficient (Wildman–Crippen LogP) is 4.99. The van der Waals surface area contributed by atoms with E-state index in [9.17, 15) is 13.2 Å². The lowest BCUT2D eigenvalue weighted by Gasteiger charge is -2.38. The lowest BCUT2D eigenvalue weighted by molar-refractivity contribution is 0.0980. The van der Waals surface area contributed by atoms with Gasteiger partial charge in [-0.2, -0.15) is 0 Å². The number of benzene rings is 4. The number of hydrogen-bond acceptors (Lipinski definition) is 8. The van der Waals surface area contributed by atoms with Gasteiger partial charge >= 0.3 is 0 Å². The van der Waals surface area contributed by atoms with Crippen LogP contribution in [0.25, 0.3) is 0 Å². The number of rotatable bonds is 10. The van der Waals surface area contributed by atoms with Crippen molar-refractivity contribution in [1.29, 1.82) is 0 Å². The van der Waals surface area contributed by atoms with E-state index in [4.69, 9.17) is 18.9 Å². The molecule has 1 heterocycles. The monoisotopic (exact) mass is 602 g/mol. The molecule has 9 nitrogen and oxygen atoms in total. The average molecular weight is 603 g/mol. The lowest BCUT2D eigenvalue weighted by Crippen LogP contribution is -2.35. The van der Waals surface area contributed by atoms with Crippen LogP contribution in [0.15, 0.2) is 89.8 Å². The van der Waals surface area contributed by atoms with Crippen molar-refractivity contribution < 1.29 is 32.2 Å². The first kappa shape index (κ1) is 29.9. The summed E-state index contributed by atoms with van der Waals surface area (Å²) in [6, 6.07) is 25.4. The zero-order chi connectivity index (χ0) is 30.6. The highest BCUT2D eigenvalue weighted by molar-refractivity contribution is 7.90. The minimum Gasteiger partial charge on any atom is -0.497 e. The Morgan fingerprint density at radius 1 is 0.814 bits per heavy atom. The van der Waals surface area contributed by atoms with Crippen molar-refractivity contribution in [3.63, 3.8) is 0 Å². The van der Waals surface area contributed by atoms with Crippen molar-refractivity contribution in [3.05, 3.63) is 113 Å². The Hall–Kier alpha value is -4.54. The van der Waals surface area contributed by atoms with E-state index in [-0.39, 0.29) is 16.5 Å². The molecule has 43 heavy (non-hydrogen) atoms. The molecule has 0 fully saturated rings. The molecule has 0 aromatic heterocycles. The SMILES string of the molecule is COc1cc(OC)cc(C(=O)NS(=O)(=O)c2ccc(CN3CCc4cc(OC)c(OC)cc4C3c3ccccc3)cc2)c1. The van der Waals surface area contributed by atoms with E-state index in [2.05, 4.69) is 27.8 Å². The van der Waals surface area contributed by atoms with E-state index < -0.39 is 15.9 Å². The molecule has 4 aromatic carbocycles. The van der Waals surface area contributed by atoms with Gasteiger partial charge in [0.1, 0.15) is 11.5 Å². The second-order valence-electron chi connectivity index (χ2n) is 10.1. The van der Waals surface area contributed by atoms with Gasteiger partial charge in [0.2, 0.25) is 0 Å². The summed E-state index contributed by atoms with van der Waals surface area (Å²) in [6.45, 7) is 1.38. The van der Waals surface area contributed by atoms with Gasteiger partial charge in [-0.05, 0) is 65.1 Å². The molecule has 10 heteroatoms. The van der Waals surface area contributed by atoms with Gasteiger partial charge in [-0.15, -0.1) is 0 Å². The van der Waals surface area contributed by atoms with Crippen molar-refractivity contribution in [1.82, 2.24) is 9.62 Å². The Morgan fingerprint density at radius 2 is 1.44 bits per heavy atom. The fourth-order valence-corrected chi connectivity index (χ4v) is 6.35. The first-order valence-electron chi connectivity index (χ1n) is 13.7. The van der Waals surface area contributed by atoms with Gasteiger partial charge in [0.25, 0.3) is 15.9 Å². The first-order chi connectivity index (χ1) is 20.8. The van der Waals surface area contributed by atoms with Gasteiger partial charge in [0.15, 0.2) is 11.5 Å². The van der Waals surface area contributed by atoms with Crippen LogP contribution in [0, 0.1) is 0 Å². The van der Waals surface area contributed by atoms with E-state index in [1.807, 2.05) is 24.3 Å². The largest absolute Gasteiger partial charge is 0.497 e. The third-order valence-corrected chi connectivity index (χ3v) is 8.90. The average Bonchev–Trinajstić information content (AvgIpc) is 3.04. The van der Waals surface area contributed by atoms with Crippen LogP contribution in [-0.4, -0.2) is 54.2 Å². The van der Waals surface area contributed by atoms with Crippen molar-refractivity contribution in [3.8, 4) is 23.0 Å². The van der Waals surface area contributed by atoms with Crippen molar-refractivity contribution in [2.24, 2.45) is 0 Å². The number of nitrogens with zero attached hydrogens (tertiary/aromatic N) is 1. The summed E-state index contributed by atoms with van der Waals surface area (Å²) >= 11 is 0. The normalized spacial score (nSPS) is 14.8. The first-order valence-corrected chi connectivity index (χ1v) is 15.2. The maximum absolute atomic E-state index is 13.1. The molecule has 1 amide bonds. The Kier molecular flexibility index (Phi) is 8.89. The molecule has 0 saturated heterocycles. The minimum absolute atomic E-state index is 0.0140. The molecule has 1 unspecified atom stereocenters. The number of fused-ring (bicyclic) bond motifs is 1. The van der Waals surface area contributed by atoms with E-state index in [0.717, 1.165) is 29.7 Å².